The summed E-state index contributed by atoms with van der Waals surface area (Å²) in [4.78, 5) is 11.3. The number of likely N-dealkylation sites (N-methyl/N-ethyl adjacent to an activating group) is 1. The van der Waals surface area contributed by atoms with Gasteiger partial charge in [0, 0.05) is 7.05 Å². The molecule has 7 heteroatoms. The van der Waals surface area contributed by atoms with E-state index in [0.29, 0.717) is 0 Å². The van der Waals surface area contributed by atoms with Crippen LogP contribution >= 0.6 is 11.6 Å². The minimum Gasteiger partial charge on any atom is -0.397 e. The first-order valence-corrected chi connectivity index (χ1v) is 5.27. The highest BCUT2D eigenvalue weighted by Crippen LogP contribution is 2.33. The minimum absolute atomic E-state index is 0.0275. The van der Waals surface area contributed by atoms with Crippen LogP contribution in [0.5, 0.6) is 0 Å². The Morgan fingerprint density at radius 3 is 2.59 bits per heavy atom. The van der Waals surface area contributed by atoms with Crippen molar-refractivity contribution in [3.8, 4) is 0 Å². The van der Waals surface area contributed by atoms with E-state index in [4.69, 9.17) is 23.1 Å². The molecule has 1 rings (SSSR count). The highest BCUT2D eigenvalue weighted by Gasteiger charge is 2.18. The van der Waals surface area contributed by atoms with Gasteiger partial charge in [0.05, 0.1) is 17.1 Å². The second-order valence-electron chi connectivity index (χ2n) is 3.54. The number of anilines is 3. The fraction of sp³-hybridized carbons (Fsp3) is 0.300. The van der Waals surface area contributed by atoms with E-state index < -0.39 is 11.9 Å². The van der Waals surface area contributed by atoms with E-state index in [1.54, 1.807) is 6.92 Å². The van der Waals surface area contributed by atoms with Crippen LogP contribution in [0.1, 0.15) is 6.92 Å². The molecule has 1 atom stereocenters. The Labute approximate surface area is 103 Å². The van der Waals surface area contributed by atoms with Gasteiger partial charge in [0.2, 0.25) is 5.91 Å². The third-order valence-corrected chi connectivity index (χ3v) is 2.65. The molecule has 0 radical (unpaired) electrons. The third-order valence-electron chi connectivity index (χ3n) is 2.27. The molecule has 5 nitrogen and oxygen atoms in total. The first kappa shape index (κ1) is 13.4. The fourth-order valence-corrected chi connectivity index (χ4v) is 1.46. The standard InChI is InChI=1S/C10H14ClFN4O/c1-4(10(17)15-2)16-9-6(14)3-5(13)7(11)8(9)12/h3-4,16H,13-14H2,1-2H3,(H,15,17). The first-order chi connectivity index (χ1) is 7.88. The largest absolute Gasteiger partial charge is 0.397 e. The van der Waals surface area contributed by atoms with Crippen molar-refractivity contribution in [2.75, 3.05) is 23.8 Å². The van der Waals surface area contributed by atoms with Gasteiger partial charge in [-0.3, -0.25) is 4.79 Å². The Morgan fingerprint density at radius 1 is 1.47 bits per heavy atom. The van der Waals surface area contributed by atoms with Gasteiger partial charge in [0.15, 0.2) is 5.82 Å². The number of benzene rings is 1. The summed E-state index contributed by atoms with van der Waals surface area (Å²) in [6, 6.07) is 0.695. The van der Waals surface area contributed by atoms with Gasteiger partial charge in [-0.15, -0.1) is 0 Å². The van der Waals surface area contributed by atoms with E-state index >= 15 is 0 Å². The Bertz CT molecular complexity index is 452. The van der Waals surface area contributed by atoms with Crippen LogP contribution in [0.25, 0.3) is 0 Å². The summed E-state index contributed by atoms with van der Waals surface area (Å²) >= 11 is 5.66. The molecule has 17 heavy (non-hydrogen) atoms. The summed E-state index contributed by atoms with van der Waals surface area (Å²) in [6.07, 6.45) is 0. The number of hydrogen-bond acceptors (Lipinski definition) is 4. The zero-order valence-electron chi connectivity index (χ0n) is 9.47. The van der Waals surface area contributed by atoms with Crippen LogP contribution < -0.4 is 22.1 Å². The van der Waals surface area contributed by atoms with E-state index in [9.17, 15) is 9.18 Å². The van der Waals surface area contributed by atoms with Gasteiger partial charge in [0.1, 0.15) is 11.1 Å². The predicted octanol–water partition coefficient (Wildman–Crippen LogP) is 1.19. The van der Waals surface area contributed by atoms with Gasteiger partial charge in [-0.2, -0.15) is 0 Å². The summed E-state index contributed by atoms with van der Waals surface area (Å²) in [5.74, 6) is -1.06. The van der Waals surface area contributed by atoms with Gasteiger partial charge < -0.3 is 22.1 Å². The zero-order chi connectivity index (χ0) is 13.2. The molecule has 6 N–H and O–H groups in total. The van der Waals surface area contributed by atoms with Crippen molar-refractivity contribution in [1.29, 1.82) is 0 Å². The molecule has 94 valence electrons. The number of rotatable bonds is 3. The van der Waals surface area contributed by atoms with Crippen LogP contribution in [0.4, 0.5) is 21.5 Å². The molecule has 0 aromatic heterocycles. The topological polar surface area (TPSA) is 93.2 Å². The van der Waals surface area contributed by atoms with Crippen LogP contribution in [0.15, 0.2) is 6.07 Å². The zero-order valence-corrected chi connectivity index (χ0v) is 10.2. The molecule has 0 spiro atoms. The van der Waals surface area contributed by atoms with E-state index in [-0.39, 0.29) is 28.0 Å². The molecule has 0 heterocycles. The lowest BCUT2D eigenvalue weighted by Gasteiger charge is -2.17. The van der Waals surface area contributed by atoms with Crippen LogP contribution in [0, 0.1) is 5.82 Å². The van der Waals surface area contributed by atoms with Crippen molar-refractivity contribution in [3.63, 3.8) is 0 Å². The van der Waals surface area contributed by atoms with E-state index in [2.05, 4.69) is 10.6 Å². The number of carbonyl (C=O) groups is 1. The molecule has 1 amide bonds. The van der Waals surface area contributed by atoms with Crippen molar-refractivity contribution >= 4 is 34.6 Å². The number of nitrogens with two attached hydrogens (primary N) is 2. The summed E-state index contributed by atoms with van der Waals surface area (Å²) < 4.78 is 13.8. The minimum atomic E-state index is -0.764. The molecule has 1 aromatic carbocycles. The lowest BCUT2D eigenvalue weighted by molar-refractivity contribution is -0.121. The molecule has 0 saturated heterocycles. The lowest BCUT2D eigenvalue weighted by Crippen LogP contribution is -2.35. The van der Waals surface area contributed by atoms with Crippen molar-refractivity contribution in [3.05, 3.63) is 16.9 Å². The highest BCUT2D eigenvalue weighted by molar-refractivity contribution is 6.33. The van der Waals surface area contributed by atoms with Crippen LogP contribution in [0.3, 0.4) is 0 Å². The van der Waals surface area contributed by atoms with Gasteiger partial charge >= 0.3 is 0 Å². The van der Waals surface area contributed by atoms with Crippen molar-refractivity contribution < 1.29 is 9.18 Å². The second kappa shape index (κ2) is 5.09. The van der Waals surface area contributed by atoms with E-state index in [1.807, 2.05) is 0 Å². The van der Waals surface area contributed by atoms with E-state index in [1.165, 1.54) is 13.1 Å². The smallest absolute Gasteiger partial charge is 0.241 e. The summed E-state index contributed by atoms with van der Waals surface area (Å²) in [5.41, 5.74) is 11.2. The Kier molecular flexibility index (Phi) is 4.01. The lowest BCUT2D eigenvalue weighted by atomic mass is 10.2. The third kappa shape index (κ3) is 2.71. The van der Waals surface area contributed by atoms with E-state index in [0.717, 1.165) is 0 Å². The van der Waals surface area contributed by atoms with Gasteiger partial charge in [-0.25, -0.2) is 4.39 Å². The fourth-order valence-electron chi connectivity index (χ4n) is 1.31. The molecule has 0 aliphatic rings. The average molecular weight is 261 g/mol. The van der Waals surface area contributed by atoms with Crippen molar-refractivity contribution in [1.82, 2.24) is 5.32 Å². The Morgan fingerprint density at radius 2 is 2.06 bits per heavy atom. The molecule has 0 bridgehead atoms. The Balaban J connectivity index is 3.07. The maximum atomic E-state index is 13.8. The van der Waals surface area contributed by atoms with Crippen molar-refractivity contribution in [2.24, 2.45) is 0 Å². The molecule has 0 aliphatic heterocycles. The monoisotopic (exact) mass is 260 g/mol. The summed E-state index contributed by atoms with van der Waals surface area (Å²) in [7, 11) is 1.48. The normalized spacial score (nSPS) is 12.0. The molecule has 1 unspecified atom stereocenters. The first-order valence-electron chi connectivity index (χ1n) is 4.89. The average Bonchev–Trinajstić information content (AvgIpc) is 2.30. The Hall–Kier alpha value is -1.69. The van der Waals surface area contributed by atoms with Crippen LogP contribution in [-0.4, -0.2) is 19.0 Å². The number of nitrogens with one attached hydrogen (secondary N) is 2. The SMILES string of the molecule is CNC(=O)C(C)Nc1c(N)cc(N)c(Cl)c1F. The second-order valence-corrected chi connectivity index (χ2v) is 3.92. The number of hydrogen-bond donors (Lipinski definition) is 4. The number of amides is 1. The summed E-state index contributed by atoms with van der Waals surface area (Å²) in [5, 5.41) is 4.86. The quantitative estimate of drug-likeness (QED) is 0.614. The van der Waals surface area contributed by atoms with Gasteiger partial charge in [0.25, 0.3) is 0 Å². The molecule has 0 saturated carbocycles. The number of nitrogen functional groups attached to an aromatic ring is 2. The van der Waals surface area contributed by atoms with Gasteiger partial charge in [-0.1, -0.05) is 11.6 Å². The number of halogens is 2. The maximum absolute atomic E-state index is 13.8. The molecule has 0 fully saturated rings. The number of carbonyl (C=O) groups excluding carboxylic acids is 1. The van der Waals surface area contributed by atoms with Crippen molar-refractivity contribution in [2.45, 2.75) is 13.0 Å². The molecule has 1 aromatic rings. The van der Waals surface area contributed by atoms with Crippen LogP contribution in [0.2, 0.25) is 5.02 Å². The predicted molar refractivity (Wildman–Crippen MR) is 67.4 cm³/mol. The molecule has 0 aliphatic carbocycles. The van der Waals surface area contributed by atoms with Gasteiger partial charge in [-0.05, 0) is 13.0 Å². The van der Waals surface area contributed by atoms with Crippen LogP contribution in [-0.2, 0) is 4.79 Å². The highest BCUT2D eigenvalue weighted by atomic mass is 35.5. The maximum Gasteiger partial charge on any atom is 0.241 e. The summed E-state index contributed by atoms with van der Waals surface area (Å²) in [6.45, 7) is 1.57. The molecular formula is C10H14ClFN4O. The molecular weight excluding hydrogens is 247 g/mol.